The molecule has 0 atom stereocenters. The number of unbranched alkanes of at least 4 members (excludes halogenated alkanes) is 1. The molecule has 0 aliphatic heterocycles. The van der Waals surface area contributed by atoms with Crippen LogP contribution in [0.1, 0.15) is 19.8 Å². The highest BCUT2D eigenvalue weighted by Gasteiger charge is 2.04. The van der Waals surface area contributed by atoms with Gasteiger partial charge in [-0.2, -0.15) is 12.6 Å². The largest absolute Gasteiger partial charge is 0.237 e. The predicted octanol–water partition coefficient (Wildman–Crippen LogP) is 3.82. The Morgan fingerprint density at radius 1 is 1.33 bits per heavy atom. The fourth-order valence-electron chi connectivity index (χ4n) is 1.12. The molecule has 1 aromatic rings. The van der Waals surface area contributed by atoms with Crippen molar-refractivity contribution in [1.29, 1.82) is 0 Å². The van der Waals surface area contributed by atoms with Crippen molar-refractivity contribution in [2.24, 2.45) is 0 Å². The number of halogens is 1. The molecule has 0 radical (unpaired) electrons. The summed E-state index contributed by atoms with van der Waals surface area (Å²) in [6.07, 6.45) is 2.34. The maximum Gasteiger partial charge on any atom is 0.123 e. The first kappa shape index (κ1) is 12.9. The first-order chi connectivity index (χ1) is 7.26. The number of nitrogens with zero attached hydrogens (tertiary/aromatic N) is 1. The molecule has 0 saturated heterocycles. The van der Waals surface area contributed by atoms with Crippen molar-refractivity contribution < 1.29 is 4.39 Å². The third kappa shape index (κ3) is 4.91. The normalized spacial score (nSPS) is 10.9. The van der Waals surface area contributed by atoms with E-state index >= 15 is 0 Å². The highest BCUT2D eigenvalue weighted by Crippen LogP contribution is 2.23. The van der Waals surface area contributed by atoms with Gasteiger partial charge < -0.3 is 0 Å². The maximum absolute atomic E-state index is 12.7. The lowest BCUT2D eigenvalue weighted by molar-refractivity contribution is 0.523. The van der Waals surface area contributed by atoms with Crippen molar-refractivity contribution in [2.75, 3.05) is 12.4 Å². The van der Waals surface area contributed by atoms with Crippen LogP contribution in [-0.4, -0.2) is 16.7 Å². The van der Waals surface area contributed by atoms with Crippen LogP contribution in [0.25, 0.3) is 0 Å². The molecule has 0 aliphatic rings. The lowest BCUT2D eigenvalue weighted by Gasteiger charge is -2.17. The predicted molar refractivity (Wildman–Crippen MR) is 67.7 cm³/mol. The molecule has 1 nitrogen and oxygen atoms in total. The van der Waals surface area contributed by atoms with Crippen LogP contribution in [0.2, 0.25) is 0 Å². The van der Waals surface area contributed by atoms with Crippen LogP contribution in [0.15, 0.2) is 29.2 Å². The molecule has 0 aliphatic carbocycles. The fourth-order valence-corrected chi connectivity index (χ4v) is 2.27. The molecule has 1 rings (SSSR count). The number of thiol groups is 1. The van der Waals surface area contributed by atoms with Crippen molar-refractivity contribution in [3.63, 3.8) is 0 Å². The Labute approximate surface area is 101 Å². The van der Waals surface area contributed by atoms with Gasteiger partial charge in [0.1, 0.15) is 5.82 Å². The van der Waals surface area contributed by atoms with Gasteiger partial charge in [0, 0.05) is 11.4 Å². The summed E-state index contributed by atoms with van der Waals surface area (Å²) in [5.41, 5.74) is 0. The minimum Gasteiger partial charge on any atom is -0.237 e. The summed E-state index contributed by atoms with van der Waals surface area (Å²) < 4.78 is 14.8. The summed E-state index contributed by atoms with van der Waals surface area (Å²) in [5, 5.41) is 0. The molecule has 1 aromatic carbocycles. The summed E-state index contributed by atoms with van der Waals surface area (Å²) in [6.45, 7) is 3.18. The van der Waals surface area contributed by atoms with Crippen LogP contribution in [-0.2, 0) is 0 Å². The van der Waals surface area contributed by atoms with Crippen molar-refractivity contribution in [3.8, 4) is 0 Å². The molecule has 0 N–H and O–H groups in total. The van der Waals surface area contributed by atoms with E-state index in [9.17, 15) is 4.39 Å². The van der Waals surface area contributed by atoms with Gasteiger partial charge in [0.15, 0.2) is 0 Å². The second kappa shape index (κ2) is 7.14. The van der Waals surface area contributed by atoms with Gasteiger partial charge in [-0.15, -0.1) is 0 Å². The van der Waals surface area contributed by atoms with E-state index in [1.165, 1.54) is 18.6 Å². The van der Waals surface area contributed by atoms with Crippen LogP contribution in [0.4, 0.5) is 4.39 Å². The summed E-state index contributed by atoms with van der Waals surface area (Å²) in [4.78, 5) is 1.06. The average Bonchev–Trinajstić information content (AvgIpc) is 2.27. The van der Waals surface area contributed by atoms with Crippen molar-refractivity contribution >= 4 is 24.6 Å². The van der Waals surface area contributed by atoms with Crippen LogP contribution in [0.5, 0.6) is 0 Å². The van der Waals surface area contributed by atoms with Gasteiger partial charge in [0.05, 0.1) is 5.88 Å². The third-order valence-corrected chi connectivity index (χ3v) is 3.55. The molecule has 0 aromatic heterocycles. The molecule has 0 fully saturated rings. The van der Waals surface area contributed by atoms with Crippen molar-refractivity contribution in [2.45, 2.75) is 24.7 Å². The maximum atomic E-state index is 12.7. The number of hydrogen-bond acceptors (Lipinski definition) is 3. The summed E-state index contributed by atoms with van der Waals surface area (Å²) in [5.74, 6) is 0.521. The van der Waals surface area contributed by atoms with Crippen LogP contribution >= 0.6 is 24.6 Å². The first-order valence-electron chi connectivity index (χ1n) is 5.05. The van der Waals surface area contributed by atoms with E-state index in [4.69, 9.17) is 0 Å². The average molecular weight is 245 g/mol. The van der Waals surface area contributed by atoms with Crippen molar-refractivity contribution in [3.05, 3.63) is 30.1 Å². The van der Waals surface area contributed by atoms with Gasteiger partial charge >= 0.3 is 0 Å². The van der Waals surface area contributed by atoms with Crippen LogP contribution in [0, 0.1) is 5.82 Å². The molecular formula is C11H16FNS2. The van der Waals surface area contributed by atoms with Crippen LogP contribution < -0.4 is 0 Å². The molecule has 0 unspecified atom stereocenters. The number of benzene rings is 1. The lowest BCUT2D eigenvalue weighted by Crippen LogP contribution is -2.14. The molecule has 4 heteroatoms. The monoisotopic (exact) mass is 245 g/mol. The Morgan fingerprint density at radius 2 is 2.00 bits per heavy atom. The first-order valence-corrected chi connectivity index (χ1v) is 6.46. The van der Waals surface area contributed by atoms with Crippen LogP contribution in [0.3, 0.4) is 0 Å². The fraction of sp³-hybridized carbons (Fsp3) is 0.455. The lowest BCUT2D eigenvalue weighted by atomic mass is 10.3. The SMILES string of the molecule is CCCCN(CS)Sc1ccc(F)cc1. The van der Waals surface area contributed by atoms with Gasteiger partial charge in [0.25, 0.3) is 0 Å². The third-order valence-electron chi connectivity index (χ3n) is 1.97. The minimum absolute atomic E-state index is 0.190. The molecule has 0 saturated carbocycles. The Kier molecular flexibility index (Phi) is 6.13. The quantitative estimate of drug-likeness (QED) is 0.461. The van der Waals surface area contributed by atoms with E-state index in [0.29, 0.717) is 5.88 Å². The second-order valence-corrected chi connectivity index (χ2v) is 4.70. The van der Waals surface area contributed by atoms with E-state index in [1.807, 2.05) is 0 Å². The molecule has 84 valence electrons. The molecular weight excluding hydrogens is 229 g/mol. The smallest absolute Gasteiger partial charge is 0.123 e. The zero-order valence-electron chi connectivity index (χ0n) is 8.82. The number of rotatable bonds is 6. The standard InChI is InChI=1S/C11H16FNS2/c1-2-3-8-13(9-14)15-11-6-4-10(12)5-7-11/h4-7,14H,2-3,8-9H2,1H3. The zero-order valence-corrected chi connectivity index (χ0v) is 10.5. The van der Waals surface area contributed by atoms with E-state index < -0.39 is 0 Å². The molecule has 15 heavy (non-hydrogen) atoms. The van der Waals surface area contributed by atoms with Gasteiger partial charge in [0.2, 0.25) is 0 Å². The Bertz CT molecular complexity index is 276. The topological polar surface area (TPSA) is 3.24 Å². The highest BCUT2D eigenvalue weighted by atomic mass is 32.2. The summed E-state index contributed by atoms with van der Waals surface area (Å²) in [6, 6.07) is 6.56. The minimum atomic E-state index is -0.190. The highest BCUT2D eigenvalue weighted by molar-refractivity contribution is 7.97. The molecule has 0 bridgehead atoms. The van der Waals surface area contributed by atoms with E-state index in [2.05, 4.69) is 23.9 Å². The van der Waals surface area contributed by atoms with Gasteiger partial charge in [-0.25, -0.2) is 8.70 Å². The summed E-state index contributed by atoms with van der Waals surface area (Å²) >= 11 is 5.90. The molecule has 0 heterocycles. The summed E-state index contributed by atoms with van der Waals surface area (Å²) in [7, 11) is 0. The van der Waals surface area contributed by atoms with Gasteiger partial charge in [-0.3, -0.25) is 0 Å². The van der Waals surface area contributed by atoms with Gasteiger partial charge in [-0.05, 0) is 42.6 Å². The number of hydrogen-bond donors (Lipinski definition) is 1. The molecule has 0 spiro atoms. The van der Waals surface area contributed by atoms with E-state index in [0.717, 1.165) is 17.9 Å². The molecule has 0 amide bonds. The van der Waals surface area contributed by atoms with Gasteiger partial charge in [-0.1, -0.05) is 13.3 Å². The van der Waals surface area contributed by atoms with Crippen molar-refractivity contribution in [1.82, 2.24) is 4.31 Å². The Hall–Kier alpha value is -0.190. The zero-order chi connectivity index (χ0) is 11.1. The van der Waals surface area contributed by atoms with E-state index in [1.54, 1.807) is 24.1 Å². The second-order valence-electron chi connectivity index (χ2n) is 3.25. The Balaban J connectivity index is 2.47. The van der Waals surface area contributed by atoms with E-state index in [-0.39, 0.29) is 5.82 Å². The Morgan fingerprint density at radius 3 is 2.53 bits per heavy atom.